The van der Waals surface area contributed by atoms with Crippen molar-refractivity contribution in [1.82, 2.24) is 9.88 Å². The lowest BCUT2D eigenvalue weighted by Gasteiger charge is -2.04. The molecule has 0 aromatic carbocycles. The number of carbonyl (C=O) groups excluding carboxylic acids is 1. The van der Waals surface area contributed by atoms with E-state index < -0.39 is 0 Å². The molecule has 13 heavy (non-hydrogen) atoms. The minimum atomic E-state index is -0.115. The fourth-order valence-corrected chi connectivity index (χ4v) is 1.23. The van der Waals surface area contributed by atoms with Crippen molar-refractivity contribution in [3.8, 4) is 0 Å². The first kappa shape index (κ1) is 10.1. The summed E-state index contributed by atoms with van der Waals surface area (Å²) in [6.07, 6.45) is 2.82. The molecule has 1 aromatic heterocycles. The van der Waals surface area contributed by atoms with Gasteiger partial charge in [-0.25, -0.2) is 0 Å². The number of hydrogen-bond acceptors (Lipinski definition) is 1. The second-order valence-electron chi connectivity index (χ2n) is 2.84. The molecule has 1 aromatic rings. The fraction of sp³-hybridized carbons (Fsp3) is 0.444. The molecule has 1 rings (SSSR count). The Morgan fingerprint density at radius 1 is 1.69 bits per heavy atom. The number of nitrogens with one attached hydrogen (secondary N) is 1. The van der Waals surface area contributed by atoms with Crippen molar-refractivity contribution in [3.05, 3.63) is 24.0 Å². The zero-order chi connectivity index (χ0) is 9.68. The molecule has 1 heterocycles. The normalized spacial score (nSPS) is 10.0. The maximum atomic E-state index is 10.8. The number of alkyl halides is 1. The standard InChI is InChI=1S/C9H13ClN2O/c1-12-6-2-3-8(12)4-5-11-9(13)7-10/h2-3,6H,4-5,7H2,1H3,(H,11,13). The highest BCUT2D eigenvalue weighted by Crippen LogP contribution is 1.99. The van der Waals surface area contributed by atoms with E-state index >= 15 is 0 Å². The summed E-state index contributed by atoms with van der Waals surface area (Å²) in [6.45, 7) is 0.642. The maximum absolute atomic E-state index is 10.8. The highest BCUT2D eigenvalue weighted by molar-refractivity contribution is 6.27. The predicted octanol–water partition coefficient (Wildman–Crippen LogP) is 0.923. The molecule has 72 valence electrons. The summed E-state index contributed by atoms with van der Waals surface area (Å²) in [6, 6.07) is 4.02. The van der Waals surface area contributed by atoms with E-state index in [-0.39, 0.29) is 11.8 Å². The van der Waals surface area contributed by atoms with E-state index in [1.54, 1.807) is 0 Å². The van der Waals surface area contributed by atoms with Gasteiger partial charge in [0.2, 0.25) is 5.91 Å². The van der Waals surface area contributed by atoms with Gasteiger partial charge in [-0.15, -0.1) is 11.6 Å². The summed E-state index contributed by atoms with van der Waals surface area (Å²) in [4.78, 5) is 10.8. The summed E-state index contributed by atoms with van der Waals surface area (Å²) in [5, 5.41) is 2.71. The molecule has 0 aliphatic heterocycles. The van der Waals surface area contributed by atoms with Gasteiger partial charge in [-0.1, -0.05) is 0 Å². The van der Waals surface area contributed by atoms with Crippen molar-refractivity contribution in [3.63, 3.8) is 0 Å². The van der Waals surface area contributed by atoms with Crippen LogP contribution in [0.3, 0.4) is 0 Å². The van der Waals surface area contributed by atoms with E-state index in [2.05, 4.69) is 5.32 Å². The van der Waals surface area contributed by atoms with Crippen molar-refractivity contribution in [2.75, 3.05) is 12.4 Å². The molecule has 0 unspecified atom stereocenters. The first-order valence-corrected chi connectivity index (χ1v) is 4.70. The lowest BCUT2D eigenvalue weighted by molar-refractivity contribution is -0.118. The SMILES string of the molecule is Cn1cccc1CCNC(=O)CCl. The van der Waals surface area contributed by atoms with E-state index in [1.165, 1.54) is 5.69 Å². The fourth-order valence-electron chi connectivity index (χ4n) is 1.13. The molecule has 0 bridgehead atoms. The van der Waals surface area contributed by atoms with E-state index in [9.17, 15) is 4.79 Å². The average molecular weight is 201 g/mol. The Morgan fingerprint density at radius 3 is 3.00 bits per heavy atom. The number of nitrogens with zero attached hydrogens (tertiary/aromatic N) is 1. The van der Waals surface area contributed by atoms with Crippen LogP contribution >= 0.6 is 11.6 Å². The minimum absolute atomic E-state index is 0.0349. The molecule has 0 spiro atoms. The Hall–Kier alpha value is -0.960. The molecule has 0 fully saturated rings. The Balaban J connectivity index is 2.28. The molecular weight excluding hydrogens is 188 g/mol. The van der Waals surface area contributed by atoms with Crippen molar-refractivity contribution in [2.24, 2.45) is 7.05 Å². The molecule has 3 nitrogen and oxygen atoms in total. The zero-order valence-electron chi connectivity index (χ0n) is 7.59. The van der Waals surface area contributed by atoms with Crippen molar-refractivity contribution in [1.29, 1.82) is 0 Å². The van der Waals surface area contributed by atoms with Crippen molar-refractivity contribution in [2.45, 2.75) is 6.42 Å². The number of aromatic nitrogens is 1. The Morgan fingerprint density at radius 2 is 2.46 bits per heavy atom. The van der Waals surface area contributed by atoms with Crippen LogP contribution in [0.15, 0.2) is 18.3 Å². The van der Waals surface area contributed by atoms with Crippen LogP contribution < -0.4 is 5.32 Å². The highest BCUT2D eigenvalue weighted by Gasteiger charge is 1.99. The van der Waals surface area contributed by atoms with Gasteiger partial charge >= 0.3 is 0 Å². The maximum Gasteiger partial charge on any atom is 0.234 e. The third kappa shape index (κ3) is 3.11. The van der Waals surface area contributed by atoms with E-state index in [0.29, 0.717) is 6.54 Å². The summed E-state index contributed by atoms with van der Waals surface area (Å²) < 4.78 is 2.03. The quantitative estimate of drug-likeness (QED) is 0.721. The van der Waals surface area contributed by atoms with Gasteiger partial charge in [0.25, 0.3) is 0 Å². The summed E-state index contributed by atoms with van der Waals surface area (Å²) in [7, 11) is 1.98. The molecule has 1 amide bonds. The van der Waals surface area contributed by atoms with Gasteiger partial charge in [0.15, 0.2) is 0 Å². The molecule has 0 aliphatic rings. The number of carbonyl (C=O) groups is 1. The van der Waals surface area contributed by atoms with Crippen LogP contribution in [-0.2, 0) is 18.3 Å². The number of rotatable bonds is 4. The van der Waals surface area contributed by atoms with Crippen molar-refractivity contribution < 1.29 is 4.79 Å². The average Bonchev–Trinajstić information content (AvgIpc) is 2.52. The highest BCUT2D eigenvalue weighted by atomic mass is 35.5. The lowest BCUT2D eigenvalue weighted by Crippen LogP contribution is -2.26. The third-order valence-electron chi connectivity index (χ3n) is 1.88. The summed E-state index contributed by atoms with van der Waals surface area (Å²) in [5.41, 5.74) is 1.20. The first-order valence-electron chi connectivity index (χ1n) is 4.17. The Labute approximate surface area is 82.7 Å². The second kappa shape index (κ2) is 4.92. The third-order valence-corrected chi connectivity index (χ3v) is 2.12. The Kier molecular flexibility index (Phi) is 3.83. The van der Waals surface area contributed by atoms with E-state index in [1.807, 2.05) is 29.9 Å². The topological polar surface area (TPSA) is 34.0 Å². The molecule has 4 heteroatoms. The van der Waals surface area contributed by atoms with Crippen LogP contribution in [0, 0.1) is 0 Å². The van der Waals surface area contributed by atoms with Gasteiger partial charge in [0, 0.05) is 31.9 Å². The van der Waals surface area contributed by atoms with Gasteiger partial charge < -0.3 is 9.88 Å². The molecule has 0 saturated heterocycles. The van der Waals surface area contributed by atoms with E-state index in [4.69, 9.17) is 11.6 Å². The molecular formula is C9H13ClN2O. The number of halogens is 1. The van der Waals surface area contributed by atoms with Gasteiger partial charge in [0.1, 0.15) is 5.88 Å². The molecule has 0 radical (unpaired) electrons. The first-order chi connectivity index (χ1) is 6.24. The molecule has 0 atom stereocenters. The smallest absolute Gasteiger partial charge is 0.234 e. The largest absolute Gasteiger partial charge is 0.355 e. The Bertz CT molecular complexity index is 283. The second-order valence-corrected chi connectivity index (χ2v) is 3.11. The number of aryl methyl sites for hydroxylation is 1. The van der Waals surface area contributed by atoms with Gasteiger partial charge in [0.05, 0.1) is 0 Å². The minimum Gasteiger partial charge on any atom is -0.355 e. The van der Waals surface area contributed by atoms with Crippen LogP contribution in [0.25, 0.3) is 0 Å². The predicted molar refractivity (Wildman–Crippen MR) is 52.8 cm³/mol. The van der Waals surface area contributed by atoms with Crippen LogP contribution in [-0.4, -0.2) is 22.9 Å². The number of hydrogen-bond donors (Lipinski definition) is 1. The van der Waals surface area contributed by atoms with Gasteiger partial charge in [-0.05, 0) is 12.1 Å². The summed E-state index contributed by atoms with van der Waals surface area (Å²) >= 11 is 5.33. The molecule has 0 saturated carbocycles. The van der Waals surface area contributed by atoms with Crippen LogP contribution in [0.2, 0.25) is 0 Å². The summed E-state index contributed by atoms with van der Waals surface area (Å²) in [5.74, 6) is -0.0801. The van der Waals surface area contributed by atoms with Crippen molar-refractivity contribution >= 4 is 17.5 Å². The van der Waals surface area contributed by atoms with E-state index in [0.717, 1.165) is 6.42 Å². The zero-order valence-corrected chi connectivity index (χ0v) is 8.34. The van der Waals surface area contributed by atoms with Crippen LogP contribution in [0.1, 0.15) is 5.69 Å². The molecule has 1 N–H and O–H groups in total. The van der Waals surface area contributed by atoms with Crippen LogP contribution in [0.5, 0.6) is 0 Å². The number of amides is 1. The monoisotopic (exact) mass is 200 g/mol. The molecule has 0 aliphatic carbocycles. The van der Waals surface area contributed by atoms with Gasteiger partial charge in [-0.2, -0.15) is 0 Å². The van der Waals surface area contributed by atoms with Crippen LogP contribution in [0.4, 0.5) is 0 Å². The lowest BCUT2D eigenvalue weighted by atomic mass is 10.3. The van der Waals surface area contributed by atoms with Gasteiger partial charge in [-0.3, -0.25) is 4.79 Å².